The molecule has 1 saturated heterocycles. The molecule has 1 fully saturated rings. The van der Waals surface area contributed by atoms with Crippen LogP contribution in [0, 0.1) is 0 Å². The summed E-state index contributed by atoms with van der Waals surface area (Å²) in [6.07, 6.45) is 1.79. The Kier molecular flexibility index (Phi) is 3.96. The second kappa shape index (κ2) is 5.46. The monoisotopic (exact) mass is 299 g/mol. The van der Waals surface area contributed by atoms with Crippen molar-refractivity contribution in [3.63, 3.8) is 0 Å². The quantitative estimate of drug-likeness (QED) is 0.796. The van der Waals surface area contributed by atoms with Gasteiger partial charge in [-0.05, 0) is 22.0 Å². The Balaban J connectivity index is 2.13. The van der Waals surface area contributed by atoms with Crippen molar-refractivity contribution >= 4 is 27.5 Å². The number of oxime groups is 1. The van der Waals surface area contributed by atoms with E-state index in [1.54, 1.807) is 20.4 Å². The Morgan fingerprint density at radius 3 is 2.88 bits per heavy atom. The van der Waals surface area contributed by atoms with Crippen LogP contribution in [0.4, 0.5) is 5.82 Å². The van der Waals surface area contributed by atoms with Gasteiger partial charge in [-0.15, -0.1) is 0 Å². The molecule has 0 bridgehead atoms. The van der Waals surface area contributed by atoms with Crippen molar-refractivity contribution in [2.75, 3.05) is 32.2 Å². The Morgan fingerprint density at radius 2 is 2.24 bits per heavy atom. The van der Waals surface area contributed by atoms with Crippen molar-refractivity contribution in [2.24, 2.45) is 5.16 Å². The van der Waals surface area contributed by atoms with E-state index in [9.17, 15) is 0 Å². The van der Waals surface area contributed by atoms with E-state index in [0.717, 1.165) is 34.7 Å². The van der Waals surface area contributed by atoms with Crippen LogP contribution in [-0.2, 0) is 16.2 Å². The average Bonchev–Trinajstić information content (AvgIpc) is 2.25. The molecule has 5 nitrogen and oxygen atoms in total. The summed E-state index contributed by atoms with van der Waals surface area (Å²) in [5.74, 6) is 0.949. The third-order valence-corrected chi connectivity index (χ3v) is 2.91. The fourth-order valence-corrected chi connectivity index (χ4v) is 2.13. The predicted octanol–water partition coefficient (Wildman–Crippen LogP) is 1.81. The summed E-state index contributed by atoms with van der Waals surface area (Å²) in [4.78, 5) is 11.3. The molecule has 2 heterocycles. The summed E-state index contributed by atoms with van der Waals surface area (Å²) < 4.78 is 6.13. The molecule has 0 N–H and O–H groups in total. The molecule has 0 amide bonds. The topological polar surface area (TPSA) is 47.0 Å². The third-order valence-electron chi connectivity index (χ3n) is 2.48. The van der Waals surface area contributed by atoms with E-state index in [1.807, 2.05) is 6.07 Å². The lowest BCUT2D eigenvalue weighted by Gasteiger charge is -2.34. The zero-order chi connectivity index (χ0) is 12.3. The van der Waals surface area contributed by atoms with Gasteiger partial charge in [0.2, 0.25) is 0 Å². The van der Waals surface area contributed by atoms with Crippen molar-refractivity contribution in [3.05, 3.63) is 22.3 Å². The smallest absolute Gasteiger partial charge is 0.134 e. The zero-order valence-electron chi connectivity index (χ0n) is 9.81. The number of methoxy groups -OCH3 is 1. The molecule has 0 unspecified atom stereocenters. The van der Waals surface area contributed by atoms with Crippen LogP contribution in [0.1, 0.15) is 5.56 Å². The van der Waals surface area contributed by atoms with E-state index < -0.39 is 0 Å². The van der Waals surface area contributed by atoms with Crippen LogP contribution >= 0.6 is 15.9 Å². The van der Waals surface area contributed by atoms with Crippen LogP contribution in [0.2, 0.25) is 0 Å². The van der Waals surface area contributed by atoms with Crippen LogP contribution in [0.15, 0.2) is 21.9 Å². The number of halogens is 1. The molecule has 17 heavy (non-hydrogen) atoms. The van der Waals surface area contributed by atoms with Gasteiger partial charge in [0.25, 0.3) is 0 Å². The van der Waals surface area contributed by atoms with Gasteiger partial charge >= 0.3 is 0 Å². The third kappa shape index (κ3) is 2.76. The molecular formula is C11H14BrN3O2. The van der Waals surface area contributed by atoms with Gasteiger partial charge in [-0.2, -0.15) is 0 Å². The van der Waals surface area contributed by atoms with Gasteiger partial charge in [0.05, 0.1) is 25.4 Å². The lowest BCUT2D eigenvalue weighted by atomic mass is 10.1. The molecule has 0 saturated carbocycles. The average molecular weight is 300 g/mol. The first-order valence-electron chi connectivity index (χ1n) is 5.21. The summed E-state index contributed by atoms with van der Waals surface area (Å²) in [5.41, 5.74) is 2.10. The summed E-state index contributed by atoms with van der Waals surface area (Å²) in [5, 5.41) is 3.91. The second-order valence-electron chi connectivity index (χ2n) is 3.77. The number of anilines is 1. The van der Waals surface area contributed by atoms with Gasteiger partial charge in [0.15, 0.2) is 0 Å². The molecule has 1 aliphatic rings. The highest BCUT2D eigenvalue weighted by Crippen LogP contribution is 2.25. The van der Waals surface area contributed by atoms with E-state index in [2.05, 4.69) is 31.0 Å². The van der Waals surface area contributed by atoms with Gasteiger partial charge in [0.1, 0.15) is 12.9 Å². The maximum Gasteiger partial charge on any atom is 0.134 e. The number of aromatic nitrogens is 1. The molecule has 6 heteroatoms. The molecule has 1 aliphatic heterocycles. The van der Waals surface area contributed by atoms with E-state index in [1.165, 1.54) is 0 Å². The first kappa shape index (κ1) is 12.3. The van der Waals surface area contributed by atoms with E-state index in [0.29, 0.717) is 6.61 Å². The van der Waals surface area contributed by atoms with Crippen LogP contribution in [0.25, 0.3) is 0 Å². The highest BCUT2D eigenvalue weighted by molar-refractivity contribution is 9.10. The molecular weight excluding hydrogens is 286 g/mol. The minimum atomic E-state index is 0.551. The molecule has 0 aromatic carbocycles. The zero-order valence-corrected chi connectivity index (χ0v) is 11.4. The highest BCUT2D eigenvalue weighted by Gasteiger charge is 2.25. The lowest BCUT2D eigenvalue weighted by Crippen LogP contribution is -2.48. The molecule has 2 rings (SSSR count). The van der Waals surface area contributed by atoms with Crippen LogP contribution in [0.3, 0.4) is 0 Å². The van der Waals surface area contributed by atoms with Gasteiger partial charge < -0.3 is 14.5 Å². The van der Waals surface area contributed by atoms with Crippen molar-refractivity contribution in [1.29, 1.82) is 0 Å². The molecule has 1 aromatic heterocycles. The summed E-state index contributed by atoms with van der Waals surface area (Å²) in [6.45, 7) is 2.08. The summed E-state index contributed by atoms with van der Waals surface area (Å²) >= 11 is 3.41. The number of nitrogens with zero attached hydrogens (tertiary/aromatic N) is 3. The Bertz CT molecular complexity index is 429. The Hall–Kier alpha value is -1.14. The van der Waals surface area contributed by atoms with Gasteiger partial charge in [-0.25, -0.2) is 4.98 Å². The number of pyridine rings is 1. The van der Waals surface area contributed by atoms with E-state index in [-0.39, 0.29) is 0 Å². The molecule has 0 aliphatic carbocycles. The predicted molar refractivity (Wildman–Crippen MR) is 69.3 cm³/mol. The maximum absolute atomic E-state index is 5.17. The number of ether oxygens (including phenoxy) is 1. The van der Waals surface area contributed by atoms with Gasteiger partial charge in [-0.3, -0.25) is 0 Å². The number of rotatable bonds is 4. The largest absolute Gasteiger partial charge is 0.399 e. The Morgan fingerprint density at radius 1 is 1.47 bits per heavy atom. The fraction of sp³-hybridized carbons (Fsp3) is 0.455. The molecule has 0 atom stereocenters. The fourth-order valence-electron chi connectivity index (χ4n) is 1.75. The molecule has 0 radical (unpaired) electrons. The highest BCUT2D eigenvalue weighted by atomic mass is 79.9. The van der Waals surface area contributed by atoms with Crippen molar-refractivity contribution in [3.8, 4) is 0 Å². The van der Waals surface area contributed by atoms with Crippen LogP contribution in [0.5, 0.6) is 0 Å². The lowest BCUT2D eigenvalue weighted by molar-refractivity contribution is 0.184. The maximum atomic E-state index is 5.17. The molecule has 1 aromatic rings. The van der Waals surface area contributed by atoms with Crippen molar-refractivity contribution in [2.45, 2.75) is 6.61 Å². The standard InChI is InChI=1S/C11H14BrN3O2/c1-16-7-8-3-9(12)4-13-11(8)15-5-10(6-15)14-17-2/h3-4H,5-7H2,1-2H3. The van der Waals surface area contributed by atoms with Crippen molar-refractivity contribution < 1.29 is 9.57 Å². The normalized spacial score (nSPS) is 14.5. The van der Waals surface area contributed by atoms with E-state index in [4.69, 9.17) is 9.57 Å². The van der Waals surface area contributed by atoms with Gasteiger partial charge in [0, 0.05) is 23.3 Å². The Labute approximate surface area is 109 Å². The number of hydrogen-bond donors (Lipinski definition) is 0. The van der Waals surface area contributed by atoms with Crippen LogP contribution < -0.4 is 4.90 Å². The minimum Gasteiger partial charge on any atom is -0.399 e. The summed E-state index contributed by atoms with van der Waals surface area (Å²) in [7, 11) is 3.24. The van der Waals surface area contributed by atoms with Crippen LogP contribution in [-0.4, -0.2) is 38.0 Å². The minimum absolute atomic E-state index is 0.551. The summed E-state index contributed by atoms with van der Waals surface area (Å²) in [6, 6.07) is 2.03. The SMILES string of the molecule is COCc1cc(Br)cnc1N1CC(=NOC)C1. The second-order valence-corrected chi connectivity index (χ2v) is 4.68. The first-order valence-corrected chi connectivity index (χ1v) is 6.01. The molecule has 92 valence electrons. The van der Waals surface area contributed by atoms with Crippen molar-refractivity contribution in [1.82, 2.24) is 4.98 Å². The van der Waals surface area contributed by atoms with Gasteiger partial charge in [-0.1, -0.05) is 5.16 Å². The number of hydrogen-bond acceptors (Lipinski definition) is 5. The molecule has 0 spiro atoms. The first-order chi connectivity index (χ1) is 8.24. The van der Waals surface area contributed by atoms with E-state index >= 15 is 0 Å².